The number of hydrogen-bond donors (Lipinski definition) is 1. The topological polar surface area (TPSA) is 113 Å². The molecular formula is C11H19N3O6S. The number of amides is 2. The van der Waals surface area contributed by atoms with Crippen LogP contribution in [0.25, 0.3) is 0 Å². The van der Waals surface area contributed by atoms with Crippen LogP contribution in [-0.4, -0.2) is 67.6 Å². The quantitative estimate of drug-likeness (QED) is 0.485. The van der Waals surface area contributed by atoms with Crippen molar-refractivity contribution in [2.45, 2.75) is 25.8 Å². The minimum Gasteiger partial charge on any atom is -0.469 e. The summed E-state index contributed by atoms with van der Waals surface area (Å²) in [6.07, 6.45) is -0.124. The number of imide groups is 1. The van der Waals surface area contributed by atoms with Crippen LogP contribution >= 0.6 is 0 Å². The van der Waals surface area contributed by atoms with E-state index in [9.17, 15) is 22.8 Å². The van der Waals surface area contributed by atoms with Gasteiger partial charge in [0.25, 0.3) is 10.2 Å². The Bertz CT molecular complexity index is 556. The molecule has 0 bridgehead atoms. The van der Waals surface area contributed by atoms with Crippen LogP contribution in [0.1, 0.15) is 20.3 Å². The molecular weight excluding hydrogens is 302 g/mol. The number of methoxy groups -OCH3 is 1. The molecule has 0 aromatic carbocycles. The van der Waals surface area contributed by atoms with Crippen molar-refractivity contribution in [2.75, 3.05) is 27.2 Å². The highest BCUT2D eigenvalue weighted by Crippen LogP contribution is 2.23. The first kappa shape index (κ1) is 17.5. The predicted molar refractivity (Wildman–Crippen MR) is 72.1 cm³/mol. The van der Waals surface area contributed by atoms with E-state index < -0.39 is 40.1 Å². The SMILES string of the molecule is COC(=O)CCN(C)S(=O)(=O)N1CC(=O)NC(=O)C1(C)C. The molecule has 1 N–H and O–H groups in total. The number of rotatable bonds is 5. The summed E-state index contributed by atoms with van der Waals surface area (Å²) in [5.74, 6) is -1.93. The third-order valence-corrected chi connectivity index (χ3v) is 5.36. The maximum atomic E-state index is 12.5. The zero-order valence-electron chi connectivity index (χ0n) is 12.4. The molecule has 0 aliphatic carbocycles. The minimum atomic E-state index is -4.06. The molecule has 120 valence electrons. The number of nitrogens with one attached hydrogen (secondary N) is 1. The standard InChI is InChI=1S/C11H19N3O6S/c1-11(2)10(17)12-8(15)7-14(11)21(18,19)13(3)6-5-9(16)20-4/h5-7H2,1-4H3,(H,12,15,17). The van der Waals surface area contributed by atoms with Gasteiger partial charge >= 0.3 is 5.97 Å². The van der Waals surface area contributed by atoms with E-state index >= 15 is 0 Å². The molecule has 0 aromatic heterocycles. The van der Waals surface area contributed by atoms with Gasteiger partial charge in [-0.15, -0.1) is 0 Å². The molecule has 0 atom stereocenters. The summed E-state index contributed by atoms with van der Waals surface area (Å²) in [6, 6.07) is 0. The van der Waals surface area contributed by atoms with Gasteiger partial charge in [0.1, 0.15) is 5.54 Å². The molecule has 1 aliphatic heterocycles. The van der Waals surface area contributed by atoms with Crippen molar-refractivity contribution >= 4 is 28.0 Å². The summed E-state index contributed by atoms with van der Waals surface area (Å²) in [6.45, 7) is 2.24. The van der Waals surface area contributed by atoms with Crippen molar-refractivity contribution in [3.63, 3.8) is 0 Å². The van der Waals surface area contributed by atoms with E-state index in [2.05, 4.69) is 10.1 Å². The Labute approximate surface area is 123 Å². The number of carbonyl (C=O) groups excluding carboxylic acids is 3. The van der Waals surface area contributed by atoms with Gasteiger partial charge in [0.05, 0.1) is 20.1 Å². The largest absolute Gasteiger partial charge is 0.469 e. The highest BCUT2D eigenvalue weighted by atomic mass is 32.2. The Kier molecular flexibility index (Phi) is 5.07. The summed E-state index contributed by atoms with van der Waals surface area (Å²) < 4.78 is 31.1. The van der Waals surface area contributed by atoms with Crippen LogP contribution in [0.3, 0.4) is 0 Å². The van der Waals surface area contributed by atoms with E-state index in [1.54, 1.807) is 0 Å². The van der Waals surface area contributed by atoms with Gasteiger partial charge in [0, 0.05) is 13.6 Å². The van der Waals surface area contributed by atoms with Crippen molar-refractivity contribution in [3.05, 3.63) is 0 Å². The maximum absolute atomic E-state index is 12.5. The fourth-order valence-electron chi connectivity index (χ4n) is 1.76. The molecule has 0 radical (unpaired) electrons. The van der Waals surface area contributed by atoms with Gasteiger partial charge in [-0.3, -0.25) is 19.7 Å². The first-order valence-corrected chi connectivity index (χ1v) is 7.58. The van der Waals surface area contributed by atoms with Gasteiger partial charge in [-0.2, -0.15) is 17.0 Å². The smallest absolute Gasteiger partial charge is 0.306 e. The zero-order chi connectivity index (χ0) is 16.4. The van der Waals surface area contributed by atoms with E-state index in [1.165, 1.54) is 28.0 Å². The number of hydrogen-bond acceptors (Lipinski definition) is 6. The second-order valence-corrected chi connectivity index (χ2v) is 7.06. The van der Waals surface area contributed by atoms with Gasteiger partial charge in [0.15, 0.2) is 0 Å². The van der Waals surface area contributed by atoms with E-state index in [0.29, 0.717) is 0 Å². The van der Waals surface area contributed by atoms with E-state index in [-0.39, 0.29) is 13.0 Å². The lowest BCUT2D eigenvalue weighted by atomic mass is 10.0. The first-order valence-electron chi connectivity index (χ1n) is 6.18. The van der Waals surface area contributed by atoms with E-state index in [0.717, 1.165) is 8.61 Å². The molecule has 0 aromatic rings. The highest BCUT2D eigenvalue weighted by molar-refractivity contribution is 7.86. The summed E-state index contributed by atoms with van der Waals surface area (Å²) in [5.41, 5.74) is -1.40. The number of piperazine rings is 1. The lowest BCUT2D eigenvalue weighted by molar-refractivity contribution is -0.142. The molecule has 1 rings (SSSR count). The fraction of sp³-hybridized carbons (Fsp3) is 0.727. The van der Waals surface area contributed by atoms with Gasteiger partial charge < -0.3 is 4.74 Å². The lowest BCUT2D eigenvalue weighted by Gasteiger charge is -2.40. The normalized spacial score (nSPS) is 19.5. The van der Waals surface area contributed by atoms with Crippen molar-refractivity contribution in [1.29, 1.82) is 0 Å². The molecule has 2 amide bonds. The Morgan fingerprint density at radius 2 is 2.00 bits per heavy atom. The van der Waals surface area contributed by atoms with Crippen molar-refractivity contribution in [1.82, 2.24) is 13.9 Å². The van der Waals surface area contributed by atoms with Crippen LogP contribution in [0.2, 0.25) is 0 Å². The van der Waals surface area contributed by atoms with Crippen molar-refractivity contribution < 1.29 is 27.5 Å². The number of ether oxygens (including phenoxy) is 1. The van der Waals surface area contributed by atoms with Gasteiger partial charge in [-0.1, -0.05) is 0 Å². The van der Waals surface area contributed by atoms with Crippen LogP contribution < -0.4 is 5.32 Å². The van der Waals surface area contributed by atoms with E-state index in [4.69, 9.17) is 0 Å². The van der Waals surface area contributed by atoms with E-state index in [1.807, 2.05) is 0 Å². The molecule has 1 aliphatic rings. The maximum Gasteiger partial charge on any atom is 0.306 e. The molecule has 0 spiro atoms. The monoisotopic (exact) mass is 321 g/mol. The molecule has 1 fully saturated rings. The number of esters is 1. The molecule has 9 nitrogen and oxygen atoms in total. The van der Waals surface area contributed by atoms with Crippen LogP contribution in [0, 0.1) is 0 Å². The third kappa shape index (κ3) is 3.57. The zero-order valence-corrected chi connectivity index (χ0v) is 13.2. The Hall–Kier alpha value is -1.52. The van der Waals surface area contributed by atoms with Crippen LogP contribution in [-0.2, 0) is 29.3 Å². The minimum absolute atomic E-state index is 0.114. The highest BCUT2D eigenvalue weighted by Gasteiger charge is 2.48. The van der Waals surface area contributed by atoms with Gasteiger partial charge in [-0.25, -0.2) is 0 Å². The van der Waals surface area contributed by atoms with Gasteiger partial charge in [-0.05, 0) is 13.8 Å². The summed E-state index contributed by atoms with van der Waals surface area (Å²) in [4.78, 5) is 34.3. The average Bonchev–Trinajstić information content (AvgIpc) is 2.39. The summed E-state index contributed by atoms with van der Waals surface area (Å²) in [7, 11) is -1.59. The molecule has 1 heterocycles. The number of carbonyl (C=O) groups is 3. The number of nitrogens with zero attached hydrogens (tertiary/aromatic N) is 2. The predicted octanol–water partition coefficient (Wildman–Crippen LogP) is -1.54. The lowest BCUT2D eigenvalue weighted by Crippen LogP contribution is -2.67. The Morgan fingerprint density at radius 1 is 1.43 bits per heavy atom. The third-order valence-electron chi connectivity index (χ3n) is 3.25. The average molecular weight is 321 g/mol. The molecule has 21 heavy (non-hydrogen) atoms. The van der Waals surface area contributed by atoms with Crippen molar-refractivity contribution in [3.8, 4) is 0 Å². The summed E-state index contributed by atoms with van der Waals surface area (Å²) in [5, 5.41) is 2.09. The molecule has 10 heteroatoms. The summed E-state index contributed by atoms with van der Waals surface area (Å²) >= 11 is 0. The first-order chi connectivity index (χ1) is 9.53. The molecule has 1 saturated heterocycles. The van der Waals surface area contributed by atoms with Crippen molar-refractivity contribution in [2.24, 2.45) is 0 Å². The molecule has 0 unspecified atom stereocenters. The molecule has 0 saturated carbocycles. The fourth-order valence-corrected chi connectivity index (χ4v) is 3.36. The van der Waals surface area contributed by atoms with Crippen LogP contribution in [0.5, 0.6) is 0 Å². The Morgan fingerprint density at radius 3 is 2.52 bits per heavy atom. The Balaban J connectivity index is 2.96. The second kappa shape index (κ2) is 6.08. The van der Waals surface area contributed by atoms with Crippen LogP contribution in [0.4, 0.5) is 0 Å². The van der Waals surface area contributed by atoms with Crippen LogP contribution in [0.15, 0.2) is 0 Å². The van der Waals surface area contributed by atoms with Gasteiger partial charge in [0.2, 0.25) is 11.8 Å². The second-order valence-electron chi connectivity index (χ2n) is 5.10.